The molecular weight excluding hydrogens is 448 g/mol. The summed E-state index contributed by atoms with van der Waals surface area (Å²) >= 11 is 0. The van der Waals surface area contributed by atoms with Gasteiger partial charge in [-0.3, -0.25) is 4.98 Å². The van der Waals surface area contributed by atoms with Gasteiger partial charge < -0.3 is 29.2 Å². The summed E-state index contributed by atoms with van der Waals surface area (Å²) in [4.78, 5) is 11.8. The van der Waals surface area contributed by atoms with Gasteiger partial charge in [0.1, 0.15) is 24.5 Å². The topological polar surface area (TPSA) is 104 Å². The largest absolute Gasteiger partial charge is 0.491 e. The van der Waals surface area contributed by atoms with Crippen LogP contribution in [-0.4, -0.2) is 78.2 Å². The van der Waals surface area contributed by atoms with Crippen LogP contribution in [0.25, 0.3) is 11.0 Å². The molecule has 10 nitrogen and oxygen atoms in total. The van der Waals surface area contributed by atoms with Gasteiger partial charge in [-0.15, -0.1) is 5.10 Å². The molecule has 0 radical (unpaired) electrons. The van der Waals surface area contributed by atoms with Gasteiger partial charge in [-0.2, -0.15) is 5.10 Å². The van der Waals surface area contributed by atoms with Crippen LogP contribution in [0.5, 0.6) is 23.3 Å². The summed E-state index contributed by atoms with van der Waals surface area (Å²) in [5, 5.41) is 11.9. The highest BCUT2D eigenvalue weighted by Gasteiger charge is 2.31. The van der Waals surface area contributed by atoms with E-state index in [-0.39, 0.29) is 5.92 Å². The number of likely N-dealkylation sites (tertiary alicyclic amines) is 1. The van der Waals surface area contributed by atoms with Crippen LogP contribution in [0.15, 0.2) is 24.4 Å². The van der Waals surface area contributed by atoms with E-state index in [1.165, 1.54) is 12.8 Å². The van der Waals surface area contributed by atoms with E-state index in [1.807, 2.05) is 24.4 Å². The third-order valence-corrected chi connectivity index (χ3v) is 6.93. The van der Waals surface area contributed by atoms with Crippen molar-refractivity contribution in [1.29, 1.82) is 0 Å². The summed E-state index contributed by atoms with van der Waals surface area (Å²) in [5.41, 5.74) is 3.79. The maximum absolute atomic E-state index is 6.00. The molecule has 3 aliphatic rings. The Labute approximate surface area is 204 Å². The van der Waals surface area contributed by atoms with Gasteiger partial charge in [0.05, 0.1) is 31.1 Å². The predicted molar refractivity (Wildman–Crippen MR) is 128 cm³/mol. The molecule has 0 spiro atoms. The van der Waals surface area contributed by atoms with Gasteiger partial charge in [0, 0.05) is 43.2 Å². The molecule has 6 heterocycles. The van der Waals surface area contributed by atoms with Gasteiger partial charge in [0.2, 0.25) is 5.88 Å². The number of fused-ring (bicyclic) bond motifs is 4. The molecular formula is C25H30N6O4. The number of nitrogens with zero attached hydrogens (tertiary/aromatic N) is 5. The first kappa shape index (κ1) is 22.2. The Morgan fingerprint density at radius 1 is 1.14 bits per heavy atom. The molecule has 3 aromatic rings. The van der Waals surface area contributed by atoms with E-state index in [4.69, 9.17) is 23.9 Å². The molecule has 0 saturated carbocycles. The zero-order chi connectivity index (χ0) is 23.6. The second-order valence-corrected chi connectivity index (χ2v) is 9.37. The van der Waals surface area contributed by atoms with E-state index >= 15 is 0 Å². The molecule has 0 aromatic carbocycles. The van der Waals surface area contributed by atoms with Crippen molar-refractivity contribution in [3.05, 3.63) is 35.7 Å². The van der Waals surface area contributed by atoms with Crippen LogP contribution in [0, 0.1) is 5.92 Å². The molecule has 3 aliphatic heterocycles. The Morgan fingerprint density at radius 3 is 3.03 bits per heavy atom. The minimum Gasteiger partial charge on any atom is -0.491 e. The highest BCUT2D eigenvalue weighted by molar-refractivity contribution is 5.81. The Balaban J connectivity index is 1.07. The van der Waals surface area contributed by atoms with Crippen molar-refractivity contribution in [2.75, 3.05) is 53.1 Å². The van der Waals surface area contributed by atoms with Crippen LogP contribution in [0.1, 0.15) is 30.0 Å². The minimum atomic E-state index is 0.273. The number of ether oxygens (including phenoxy) is 4. The number of hydrogen-bond acceptors (Lipinski definition) is 10. The average Bonchev–Trinajstić information content (AvgIpc) is 3.31. The number of nitrogens with one attached hydrogen (secondary N) is 1. The quantitative estimate of drug-likeness (QED) is 0.543. The summed E-state index contributed by atoms with van der Waals surface area (Å²) in [7, 11) is 1.64. The summed E-state index contributed by atoms with van der Waals surface area (Å²) in [6, 6.07) is 5.73. The lowest BCUT2D eigenvalue weighted by atomic mass is 9.94. The monoisotopic (exact) mass is 478 g/mol. The SMILES string of the molecule is COc1ccc2ncc3c(c2n1)[C@@H](CN1CCC[C@@H](CNCc2cc4c(nn2)OCCO4)C1)CO3. The highest BCUT2D eigenvalue weighted by atomic mass is 16.6. The van der Waals surface area contributed by atoms with Gasteiger partial charge in [-0.25, -0.2) is 4.98 Å². The van der Waals surface area contributed by atoms with E-state index in [9.17, 15) is 0 Å². The summed E-state index contributed by atoms with van der Waals surface area (Å²) < 4.78 is 22.4. The van der Waals surface area contributed by atoms with Gasteiger partial charge >= 0.3 is 0 Å². The van der Waals surface area contributed by atoms with Crippen LogP contribution in [0.2, 0.25) is 0 Å². The molecule has 10 heteroatoms. The van der Waals surface area contributed by atoms with Crippen molar-refractivity contribution in [3.63, 3.8) is 0 Å². The van der Waals surface area contributed by atoms with Crippen molar-refractivity contribution in [2.45, 2.75) is 25.3 Å². The molecule has 0 unspecified atom stereocenters. The molecule has 1 saturated heterocycles. The normalized spacial score (nSPS) is 21.5. The van der Waals surface area contributed by atoms with Crippen molar-refractivity contribution in [2.24, 2.45) is 5.92 Å². The molecule has 2 atom stereocenters. The molecule has 35 heavy (non-hydrogen) atoms. The summed E-state index contributed by atoms with van der Waals surface area (Å²) in [6.07, 6.45) is 4.25. The molecule has 6 rings (SSSR count). The lowest BCUT2D eigenvalue weighted by molar-refractivity contribution is 0.156. The predicted octanol–water partition coefficient (Wildman–Crippen LogP) is 2.18. The first-order valence-electron chi connectivity index (χ1n) is 12.3. The van der Waals surface area contributed by atoms with Crippen LogP contribution < -0.4 is 24.3 Å². The van der Waals surface area contributed by atoms with Crippen LogP contribution in [0.3, 0.4) is 0 Å². The third kappa shape index (κ3) is 4.68. The van der Waals surface area contributed by atoms with Crippen LogP contribution in [-0.2, 0) is 6.54 Å². The van der Waals surface area contributed by atoms with Gasteiger partial charge in [0.15, 0.2) is 5.75 Å². The van der Waals surface area contributed by atoms with Crippen molar-refractivity contribution in [3.8, 4) is 23.3 Å². The maximum atomic E-state index is 6.00. The highest BCUT2D eigenvalue weighted by Crippen LogP contribution is 2.39. The number of pyridine rings is 2. The first-order chi connectivity index (χ1) is 17.3. The maximum Gasteiger partial charge on any atom is 0.276 e. The van der Waals surface area contributed by atoms with E-state index in [0.717, 1.165) is 54.2 Å². The van der Waals surface area contributed by atoms with Crippen molar-refractivity contribution < 1.29 is 18.9 Å². The third-order valence-electron chi connectivity index (χ3n) is 6.93. The average molecular weight is 479 g/mol. The Kier molecular flexibility index (Phi) is 6.22. The van der Waals surface area contributed by atoms with Crippen molar-refractivity contribution in [1.82, 2.24) is 30.4 Å². The minimum absolute atomic E-state index is 0.273. The van der Waals surface area contributed by atoms with E-state index in [1.54, 1.807) is 7.11 Å². The van der Waals surface area contributed by atoms with E-state index < -0.39 is 0 Å². The fraction of sp³-hybridized carbons (Fsp3) is 0.520. The summed E-state index contributed by atoms with van der Waals surface area (Å²) in [5.74, 6) is 3.47. The fourth-order valence-electron chi connectivity index (χ4n) is 5.27. The molecule has 0 amide bonds. The molecule has 3 aromatic heterocycles. The van der Waals surface area contributed by atoms with E-state index in [0.29, 0.717) is 49.8 Å². The smallest absolute Gasteiger partial charge is 0.276 e. The first-order valence-corrected chi connectivity index (χ1v) is 12.3. The van der Waals surface area contributed by atoms with E-state index in [2.05, 4.69) is 25.4 Å². The Bertz CT molecular complexity index is 1210. The lowest BCUT2D eigenvalue weighted by Crippen LogP contribution is -2.41. The molecule has 0 aliphatic carbocycles. The molecule has 1 N–H and O–H groups in total. The number of rotatable bonds is 7. The summed E-state index contributed by atoms with van der Waals surface area (Å²) in [6.45, 7) is 6.46. The number of hydrogen-bond donors (Lipinski definition) is 1. The second kappa shape index (κ2) is 9.79. The van der Waals surface area contributed by atoms with Crippen LogP contribution in [0.4, 0.5) is 0 Å². The number of methoxy groups -OCH3 is 1. The van der Waals surface area contributed by atoms with Gasteiger partial charge in [-0.1, -0.05) is 0 Å². The van der Waals surface area contributed by atoms with Crippen molar-refractivity contribution >= 4 is 11.0 Å². The standard InChI is InChI=1S/C25H30N6O4/c1-32-22-5-4-19-24(28-22)23-17(15-35-21(23)12-27-19)14-31-6-2-3-16(13-31)10-26-11-18-9-20-25(30-29-18)34-8-7-33-20/h4-5,9,12,16-17,26H,2-3,6-8,10-11,13-15H2,1H3/t16-,17-/m0/s1. The number of aromatic nitrogens is 4. The lowest BCUT2D eigenvalue weighted by Gasteiger charge is -2.34. The zero-order valence-electron chi connectivity index (χ0n) is 19.9. The molecule has 0 bridgehead atoms. The van der Waals surface area contributed by atoms with Gasteiger partial charge in [0.25, 0.3) is 5.88 Å². The van der Waals surface area contributed by atoms with Gasteiger partial charge in [-0.05, 0) is 37.9 Å². The molecule has 1 fully saturated rings. The Morgan fingerprint density at radius 2 is 2.09 bits per heavy atom. The number of piperidine rings is 1. The fourth-order valence-corrected chi connectivity index (χ4v) is 5.27. The molecule has 184 valence electrons. The second-order valence-electron chi connectivity index (χ2n) is 9.37. The Hall–Kier alpha value is -3.24. The zero-order valence-corrected chi connectivity index (χ0v) is 19.9. The van der Waals surface area contributed by atoms with Crippen LogP contribution >= 0.6 is 0 Å².